The van der Waals surface area contributed by atoms with Gasteiger partial charge in [0.2, 0.25) is 11.8 Å². The number of nitrogens with one attached hydrogen (secondary N) is 1. The molecule has 2 aliphatic heterocycles. The number of carbonyl (C=O) groups is 2. The molecule has 2 amide bonds. The topological polar surface area (TPSA) is 75.4 Å². The number of hydrogen-bond acceptors (Lipinski definition) is 3. The normalized spacial score (nSPS) is 35.0. The summed E-state index contributed by atoms with van der Waals surface area (Å²) in [5, 5.41) is 2.70. The summed E-state index contributed by atoms with van der Waals surface area (Å²) in [6.07, 6.45) is 2.07. The third-order valence-electron chi connectivity index (χ3n) is 3.53. The number of nitrogens with zero attached hydrogens (tertiary/aromatic N) is 1. The molecule has 3 atom stereocenters. The molecule has 2 heterocycles. The molecule has 0 radical (unpaired) electrons. The summed E-state index contributed by atoms with van der Waals surface area (Å²) in [6, 6.07) is 0.411. The minimum atomic E-state index is -0.163. The van der Waals surface area contributed by atoms with Crippen LogP contribution in [0.4, 0.5) is 0 Å². The van der Waals surface area contributed by atoms with E-state index in [1.54, 1.807) is 0 Å². The van der Waals surface area contributed by atoms with E-state index in [9.17, 15) is 9.59 Å². The maximum Gasteiger partial charge on any atom is 0.228 e. The first-order chi connectivity index (χ1) is 7.58. The van der Waals surface area contributed by atoms with Crippen molar-refractivity contribution >= 4 is 11.8 Å². The lowest BCUT2D eigenvalue weighted by atomic mass is 9.96. The average molecular weight is 225 g/mol. The monoisotopic (exact) mass is 225 g/mol. The van der Waals surface area contributed by atoms with E-state index >= 15 is 0 Å². The molecule has 0 bridgehead atoms. The first-order valence-electron chi connectivity index (χ1n) is 5.90. The highest BCUT2D eigenvalue weighted by Crippen LogP contribution is 2.21. The smallest absolute Gasteiger partial charge is 0.228 e. The minimum absolute atomic E-state index is 0.0142. The van der Waals surface area contributed by atoms with Gasteiger partial charge in [-0.2, -0.15) is 0 Å². The van der Waals surface area contributed by atoms with Crippen LogP contribution >= 0.6 is 0 Å². The maximum atomic E-state index is 12.2. The molecule has 0 saturated carbocycles. The van der Waals surface area contributed by atoms with Gasteiger partial charge in [-0.1, -0.05) is 0 Å². The lowest BCUT2D eigenvalue weighted by Gasteiger charge is -2.37. The third-order valence-corrected chi connectivity index (χ3v) is 3.53. The number of carbonyl (C=O) groups excluding carboxylic acids is 2. The number of rotatable bonds is 1. The standard InChI is InChI=1S/C11H19N3O2/c1-7-4-9(12)2-3-14(7)11(16)8-5-10(15)13-6-8/h7-9H,2-6,12H2,1H3,(H,13,15). The second kappa shape index (κ2) is 4.41. The fraction of sp³-hybridized carbons (Fsp3) is 0.818. The highest BCUT2D eigenvalue weighted by Gasteiger charge is 2.35. The van der Waals surface area contributed by atoms with Gasteiger partial charge >= 0.3 is 0 Å². The molecule has 0 aromatic carbocycles. The molecule has 3 unspecified atom stereocenters. The third kappa shape index (κ3) is 2.19. The highest BCUT2D eigenvalue weighted by molar-refractivity contribution is 5.89. The second-order valence-electron chi connectivity index (χ2n) is 4.87. The van der Waals surface area contributed by atoms with Gasteiger partial charge in [-0.15, -0.1) is 0 Å². The molecule has 0 aromatic heterocycles. The van der Waals surface area contributed by atoms with Crippen molar-refractivity contribution in [2.45, 2.75) is 38.3 Å². The van der Waals surface area contributed by atoms with Crippen LogP contribution in [0, 0.1) is 5.92 Å². The molecule has 90 valence electrons. The Bertz CT molecular complexity index is 306. The van der Waals surface area contributed by atoms with Gasteiger partial charge in [0.1, 0.15) is 0 Å². The summed E-state index contributed by atoms with van der Waals surface area (Å²) in [5.41, 5.74) is 5.86. The van der Waals surface area contributed by atoms with Crippen LogP contribution in [0.1, 0.15) is 26.2 Å². The summed E-state index contributed by atoms with van der Waals surface area (Å²) in [7, 11) is 0. The molecule has 5 nitrogen and oxygen atoms in total. The Morgan fingerprint density at radius 2 is 2.31 bits per heavy atom. The number of hydrogen-bond donors (Lipinski definition) is 2. The maximum absolute atomic E-state index is 12.2. The zero-order valence-corrected chi connectivity index (χ0v) is 9.61. The Kier molecular flexibility index (Phi) is 3.14. The fourth-order valence-electron chi connectivity index (χ4n) is 2.55. The van der Waals surface area contributed by atoms with E-state index in [-0.39, 0.29) is 29.8 Å². The number of piperidine rings is 1. The first kappa shape index (κ1) is 11.4. The Hall–Kier alpha value is -1.10. The van der Waals surface area contributed by atoms with Gasteiger partial charge in [-0.25, -0.2) is 0 Å². The lowest BCUT2D eigenvalue weighted by molar-refractivity contribution is -0.139. The summed E-state index contributed by atoms with van der Waals surface area (Å²) in [4.78, 5) is 25.1. The van der Waals surface area contributed by atoms with Crippen molar-refractivity contribution in [1.82, 2.24) is 10.2 Å². The predicted molar refractivity (Wildman–Crippen MR) is 59.5 cm³/mol. The van der Waals surface area contributed by atoms with E-state index in [0.717, 1.165) is 19.4 Å². The molecule has 2 aliphatic rings. The van der Waals surface area contributed by atoms with Crippen LogP contribution in [-0.2, 0) is 9.59 Å². The van der Waals surface area contributed by atoms with Crippen molar-refractivity contribution in [1.29, 1.82) is 0 Å². The predicted octanol–water partition coefficient (Wildman–Crippen LogP) is -0.539. The molecule has 0 spiro atoms. The Balaban J connectivity index is 1.96. The first-order valence-corrected chi connectivity index (χ1v) is 5.90. The zero-order chi connectivity index (χ0) is 11.7. The molecule has 2 rings (SSSR count). The van der Waals surface area contributed by atoms with Gasteiger partial charge in [0.15, 0.2) is 0 Å². The SMILES string of the molecule is CC1CC(N)CCN1C(=O)C1CNC(=O)C1. The largest absolute Gasteiger partial charge is 0.355 e. The van der Waals surface area contributed by atoms with Gasteiger partial charge in [-0.3, -0.25) is 9.59 Å². The number of nitrogens with two attached hydrogens (primary N) is 1. The molecular formula is C11H19N3O2. The Morgan fingerprint density at radius 3 is 2.88 bits per heavy atom. The molecular weight excluding hydrogens is 206 g/mol. The van der Waals surface area contributed by atoms with E-state index in [4.69, 9.17) is 5.73 Å². The molecule has 5 heteroatoms. The van der Waals surface area contributed by atoms with Crippen LogP contribution < -0.4 is 11.1 Å². The summed E-state index contributed by atoms with van der Waals surface area (Å²) < 4.78 is 0. The van der Waals surface area contributed by atoms with E-state index < -0.39 is 0 Å². The van der Waals surface area contributed by atoms with Crippen molar-refractivity contribution < 1.29 is 9.59 Å². The summed E-state index contributed by atoms with van der Waals surface area (Å²) in [6.45, 7) is 3.25. The molecule has 3 N–H and O–H groups in total. The van der Waals surface area contributed by atoms with Crippen molar-refractivity contribution in [3.05, 3.63) is 0 Å². The van der Waals surface area contributed by atoms with Crippen LogP contribution in [-0.4, -0.2) is 41.9 Å². The molecule has 0 aromatic rings. The van der Waals surface area contributed by atoms with Gasteiger partial charge in [0.25, 0.3) is 0 Å². The lowest BCUT2D eigenvalue weighted by Crippen LogP contribution is -2.50. The average Bonchev–Trinajstić information content (AvgIpc) is 2.64. The van der Waals surface area contributed by atoms with E-state index in [1.807, 2.05) is 11.8 Å². The van der Waals surface area contributed by atoms with Gasteiger partial charge in [-0.05, 0) is 19.8 Å². The van der Waals surface area contributed by atoms with Gasteiger partial charge in [0, 0.05) is 31.6 Å². The summed E-state index contributed by atoms with van der Waals surface area (Å²) >= 11 is 0. The fourth-order valence-corrected chi connectivity index (χ4v) is 2.55. The molecule has 0 aliphatic carbocycles. The van der Waals surface area contributed by atoms with Crippen LogP contribution in [0.3, 0.4) is 0 Å². The zero-order valence-electron chi connectivity index (χ0n) is 9.61. The van der Waals surface area contributed by atoms with Crippen molar-refractivity contribution in [2.24, 2.45) is 11.7 Å². The van der Waals surface area contributed by atoms with E-state index in [2.05, 4.69) is 5.32 Å². The van der Waals surface area contributed by atoms with Crippen molar-refractivity contribution in [2.75, 3.05) is 13.1 Å². The van der Waals surface area contributed by atoms with E-state index in [0.29, 0.717) is 13.0 Å². The van der Waals surface area contributed by atoms with E-state index in [1.165, 1.54) is 0 Å². The number of likely N-dealkylation sites (tertiary alicyclic amines) is 1. The van der Waals surface area contributed by atoms with Crippen molar-refractivity contribution in [3.8, 4) is 0 Å². The van der Waals surface area contributed by atoms with Gasteiger partial charge < -0.3 is 16.0 Å². The van der Waals surface area contributed by atoms with Gasteiger partial charge in [0.05, 0.1) is 5.92 Å². The minimum Gasteiger partial charge on any atom is -0.355 e. The van der Waals surface area contributed by atoms with Crippen LogP contribution in [0.2, 0.25) is 0 Å². The van der Waals surface area contributed by atoms with Crippen LogP contribution in [0.15, 0.2) is 0 Å². The number of amides is 2. The van der Waals surface area contributed by atoms with Crippen molar-refractivity contribution in [3.63, 3.8) is 0 Å². The molecule has 2 fully saturated rings. The highest BCUT2D eigenvalue weighted by atomic mass is 16.2. The Morgan fingerprint density at radius 1 is 1.56 bits per heavy atom. The van der Waals surface area contributed by atoms with Crippen LogP contribution in [0.25, 0.3) is 0 Å². The molecule has 2 saturated heterocycles. The quantitative estimate of drug-likeness (QED) is 0.629. The van der Waals surface area contributed by atoms with Crippen LogP contribution in [0.5, 0.6) is 0 Å². The Labute approximate surface area is 95.3 Å². The molecule has 16 heavy (non-hydrogen) atoms. The second-order valence-corrected chi connectivity index (χ2v) is 4.87. The summed E-state index contributed by atoms with van der Waals surface area (Å²) in [5.74, 6) is -0.0678.